The zero-order chi connectivity index (χ0) is 15.0. The summed E-state index contributed by atoms with van der Waals surface area (Å²) in [6, 6.07) is 0.292. The van der Waals surface area contributed by atoms with E-state index in [1.807, 2.05) is 4.68 Å². The fourth-order valence-electron chi connectivity index (χ4n) is 2.51. The standard InChI is InChI=1S/C15H30N4O/c1-6-8-14(20-5)13(16-7-2)9-15-17-11-18-19(15)10-12(3)4/h11-14,16H,6-10H2,1-5H3. The lowest BCUT2D eigenvalue weighted by Crippen LogP contribution is -2.43. The van der Waals surface area contributed by atoms with Crippen LogP contribution in [0, 0.1) is 5.92 Å². The van der Waals surface area contributed by atoms with E-state index >= 15 is 0 Å². The Morgan fingerprint density at radius 2 is 2.10 bits per heavy atom. The second-order valence-corrected chi connectivity index (χ2v) is 5.68. The van der Waals surface area contributed by atoms with Crippen LogP contribution in [0.1, 0.15) is 46.4 Å². The van der Waals surface area contributed by atoms with E-state index in [1.54, 1.807) is 13.4 Å². The summed E-state index contributed by atoms with van der Waals surface area (Å²) in [6.07, 6.45) is 4.93. The van der Waals surface area contributed by atoms with Crippen molar-refractivity contribution in [3.63, 3.8) is 0 Å². The van der Waals surface area contributed by atoms with Crippen molar-refractivity contribution in [2.24, 2.45) is 5.92 Å². The van der Waals surface area contributed by atoms with Gasteiger partial charge in [0.15, 0.2) is 0 Å². The molecule has 1 aromatic rings. The molecule has 0 fully saturated rings. The summed E-state index contributed by atoms with van der Waals surface area (Å²) < 4.78 is 7.68. The van der Waals surface area contributed by atoms with Gasteiger partial charge in [-0.05, 0) is 18.9 Å². The average molecular weight is 282 g/mol. The van der Waals surface area contributed by atoms with E-state index in [2.05, 4.69) is 43.1 Å². The first-order chi connectivity index (χ1) is 9.62. The van der Waals surface area contributed by atoms with Gasteiger partial charge in [-0.25, -0.2) is 9.67 Å². The number of aromatic nitrogens is 3. The molecule has 20 heavy (non-hydrogen) atoms. The largest absolute Gasteiger partial charge is 0.380 e. The molecular formula is C15H30N4O. The van der Waals surface area contributed by atoms with Gasteiger partial charge in [0.05, 0.1) is 6.10 Å². The normalized spacial score (nSPS) is 14.7. The Kier molecular flexibility index (Phi) is 7.77. The summed E-state index contributed by atoms with van der Waals surface area (Å²) in [5, 5.41) is 7.87. The quantitative estimate of drug-likeness (QED) is 0.715. The first-order valence-corrected chi connectivity index (χ1v) is 7.75. The van der Waals surface area contributed by atoms with Crippen molar-refractivity contribution in [2.45, 2.75) is 65.6 Å². The molecule has 0 amide bonds. The Hall–Kier alpha value is -0.940. The van der Waals surface area contributed by atoms with Crippen LogP contribution >= 0.6 is 0 Å². The van der Waals surface area contributed by atoms with Crippen molar-refractivity contribution in [3.8, 4) is 0 Å². The van der Waals surface area contributed by atoms with Crippen LogP contribution in [0.5, 0.6) is 0 Å². The Bertz CT molecular complexity index is 365. The first kappa shape index (κ1) is 17.1. The predicted octanol–water partition coefficient (Wildman–Crippen LogP) is 2.27. The van der Waals surface area contributed by atoms with Crippen LogP contribution in [0.4, 0.5) is 0 Å². The summed E-state index contributed by atoms with van der Waals surface area (Å²) in [5.74, 6) is 1.62. The second-order valence-electron chi connectivity index (χ2n) is 5.68. The van der Waals surface area contributed by atoms with Gasteiger partial charge in [-0.2, -0.15) is 5.10 Å². The molecule has 0 saturated heterocycles. The van der Waals surface area contributed by atoms with E-state index in [0.29, 0.717) is 12.0 Å². The number of hydrogen-bond donors (Lipinski definition) is 1. The summed E-state index contributed by atoms with van der Waals surface area (Å²) in [4.78, 5) is 4.42. The maximum Gasteiger partial charge on any atom is 0.138 e. The van der Waals surface area contributed by atoms with Crippen molar-refractivity contribution >= 4 is 0 Å². The SMILES string of the molecule is CCCC(OC)C(Cc1ncnn1CC(C)C)NCC. The van der Waals surface area contributed by atoms with E-state index in [1.165, 1.54) is 0 Å². The van der Waals surface area contributed by atoms with Crippen LogP contribution in [0.15, 0.2) is 6.33 Å². The molecule has 1 heterocycles. The van der Waals surface area contributed by atoms with Gasteiger partial charge >= 0.3 is 0 Å². The Balaban J connectivity index is 2.76. The minimum Gasteiger partial charge on any atom is -0.380 e. The van der Waals surface area contributed by atoms with Crippen molar-refractivity contribution in [1.29, 1.82) is 0 Å². The van der Waals surface area contributed by atoms with Crippen molar-refractivity contribution in [3.05, 3.63) is 12.2 Å². The molecular weight excluding hydrogens is 252 g/mol. The minimum atomic E-state index is 0.226. The van der Waals surface area contributed by atoms with Crippen molar-refractivity contribution in [2.75, 3.05) is 13.7 Å². The van der Waals surface area contributed by atoms with Gasteiger partial charge in [-0.3, -0.25) is 0 Å². The van der Waals surface area contributed by atoms with E-state index < -0.39 is 0 Å². The van der Waals surface area contributed by atoms with Gasteiger partial charge in [-0.15, -0.1) is 0 Å². The lowest BCUT2D eigenvalue weighted by molar-refractivity contribution is 0.0604. The molecule has 0 aliphatic carbocycles. The molecule has 0 radical (unpaired) electrons. The zero-order valence-electron chi connectivity index (χ0n) is 13.6. The molecule has 5 nitrogen and oxygen atoms in total. The first-order valence-electron chi connectivity index (χ1n) is 7.75. The minimum absolute atomic E-state index is 0.226. The van der Waals surface area contributed by atoms with Gasteiger partial charge in [0, 0.05) is 26.1 Å². The summed E-state index contributed by atoms with van der Waals surface area (Å²) >= 11 is 0. The molecule has 5 heteroatoms. The summed E-state index contributed by atoms with van der Waals surface area (Å²) in [5.41, 5.74) is 0. The van der Waals surface area contributed by atoms with E-state index in [0.717, 1.165) is 38.2 Å². The fraction of sp³-hybridized carbons (Fsp3) is 0.867. The molecule has 1 aromatic heterocycles. The monoisotopic (exact) mass is 282 g/mol. The molecule has 0 aliphatic heterocycles. The molecule has 0 spiro atoms. The highest BCUT2D eigenvalue weighted by Crippen LogP contribution is 2.12. The van der Waals surface area contributed by atoms with E-state index in [-0.39, 0.29) is 6.10 Å². The lowest BCUT2D eigenvalue weighted by atomic mass is 10.0. The maximum atomic E-state index is 5.66. The third-order valence-electron chi connectivity index (χ3n) is 3.43. The maximum absolute atomic E-state index is 5.66. The number of ether oxygens (including phenoxy) is 1. The molecule has 0 aliphatic rings. The van der Waals surface area contributed by atoms with Crippen LogP contribution in [0.25, 0.3) is 0 Å². The number of likely N-dealkylation sites (N-methyl/N-ethyl adjacent to an activating group) is 1. The lowest BCUT2D eigenvalue weighted by Gasteiger charge is -2.26. The second kappa shape index (κ2) is 9.08. The smallest absolute Gasteiger partial charge is 0.138 e. The van der Waals surface area contributed by atoms with Gasteiger partial charge in [0.25, 0.3) is 0 Å². The highest BCUT2D eigenvalue weighted by molar-refractivity contribution is 4.93. The average Bonchev–Trinajstić information content (AvgIpc) is 2.82. The topological polar surface area (TPSA) is 52.0 Å². The third kappa shape index (κ3) is 5.21. The van der Waals surface area contributed by atoms with Gasteiger partial charge in [0.2, 0.25) is 0 Å². The molecule has 1 rings (SSSR count). The van der Waals surface area contributed by atoms with Crippen LogP contribution < -0.4 is 5.32 Å². The molecule has 0 saturated carbocycles. The van der Waals surface area contributed by atoms with Gasteiger partial charge in [0.1, 0.15) is 12.2 Å². The third-order valence-corrected chi connectivity index (χ3v) is 3.43. The van der Waals surface area contributed by atoms with Crippen LogP contribution in [0.2, 0.25) is 0 Å². The molecule has 2 atom stereocenters. The number of nitrogens with one attached hydrogen (secondary N) is 1. The highest BCUT2D eigenvalue weighted by atomic mass is 16.5. The Morgan fingerprint density at radius 3 is 2.65 bits per heavy atom. The fourth-order valence-corrected chi connectivity index (χ4v) is 2.51. The molecule has 0 bridgehead atoms. The van der Waals surface area contributed by atoms with Crippen molar-refractivity contribution in [1.82, 2.24) is 20.1 Å². The molecule has 0 aromatic carbocycles. The Morgan fingerprint density at radius 1 is 1.35 bits per heavy atom. The van der Waals surface area contributed by atoms with E-state index in [9.17, 15) is 0 Å². The number of hydrogen-bond acceptors (Lipinski definition) is 4. The molecule has 116 valence electrons. The molecule has 1 N–H and O–H groups in total. The van der Waals surface area contributed by atoms with Crippen molar-refractivity contribution < 1.29 is 4.74 Å². The molecule has 2 unspecified atom stereocenters. The zero-order valence-corrected chi connectivity index (χ0v) is 13.6. The van der Waals surface area contributed by atoms with Crippen LogP contribution in [0.3, 0.4) is 0 Å². The van der Waals surface area contributed by atoms with Crippen LogP contribution in [-0.4, -0.2) is 40.6 Å². The van der Waals surface area contributed by atoms with Gasteiger partial charge < -0.3 is 10.1 Å². The number of methoxy groups -OCH3 is 1. The van der Waals surface area contributed by atoms with Gasteiger partial charge in [-0.1, -0.05) is 34.1 Å². The summed E-state index contributed by atoms with van der Waals surface area (Å²) in [7, 11) is 1.80. The highest BCUT2D eigenvalue weighted by Gasteiger charge is 2.22. The van der Waals surface area contributed by atoms with E-state index in [4.69, 9.17) is 4.74 Å². The van der Waals surface area contributed by atoms with Crippen LogP contribution in [-0.2, 0) is 17.7 Å². The Labute approximate surface area is 123 Å². The predicted molar refractivity (Wildman–Crippen MR) is 81.7 cm³/mol. The number of rotatable bonds is 10. The number of nitrogens with zero attached hydrogens (tertiary/aromatic N) is 3. The summed E-state index contributed by atoms with van der Waals surface area (Å²) in [6.45, 7) is 10.6.